The van der Waals surface area contributed by atoms with Crippen LogP contribution in [0.15, 0.2) is 30.5 Å². The van der Waals surface area contributed by atoms with Gasteiger partial charge in [0, 0.05) is 17.7 Å². The van der Waals surface area contributed by atoms with Gasteiger partial charge in [0.15, 0.2) is 11.6 Å². The molecule has 1 heterocycles. The van der Waals surface area contributed by atoms with E-state index in [-0.39, 0.29) is 12.3 Å². The number of aromatic hydroxyl groups is 1. The van der Waals surface area contributed by atoms with Gasteiger partial charge >= 0.3 is 0 Å². The molecule has 0 bridgehead atoms. The summed E-state index contributed by atoms with van der Waals surface area (Å²) < 4.78 is 25.8. The number of rotatable bonds is 2. The van der Waals surface area contributed by atoms with Crippen LogP contribution >= 0.6 is 0 Å². The summed E-state index contributed by atoms with van der Waals surface area (Å²) in [5, 5.41) is 9.40. The van der Waals surface area contributed by atoms with Crippen molar-refractivity contribution < 1.29 is 13.9 Å². The molecule has 0 aliphatic carbocycles. The topological polar surface area (TPSA) is 59.1 Å². The maximum Gasteiger partial charge on any atom is 0.159 e. The minimum atomic E-state index is -0.938. The van der Waals surface area contributed by atoms with Crippen molar-refractivity contribution in [2.45, 2.75) is 6.54 Å². The van der Waals surface area contributed by atoms with E-state index in [9.17, 15) is 13.9 Å². The monoisotopic (exact) mass is 236 g/mol. The molecule has 0 amide bonds. The zero-order valence-corrected chi connectivity index (χ0v) is 8.82. The molecular weight excluding hydrogens is 226 g/mol. The van der Waals surface area contributed by atoms with Crippen molar-refractivity contribution in [2.75, 3.05) is 0 Å². The fourth-order valence-corrected chi connectivity index (χ4v) is 1.47. The van der Waals surface area contributed by atoms with Gasteiger partial charge in [-0.25, -0.2) is 8.78 Å². The second-order valence-corrected chi connectivity index (χ2v) is 3.53. The van der Waals surface area contributed by atoms with Crippen LogP contribution in [0.1, 0.15) is 5.56 Å². The van der Waals surface area contributed by atoms with Crippen molar-refractivity contribution in [2.24, 2.45) is 5.73 Å². The molecule has 0 spiro atoms. The van der Waals surface area contributed by atoms with E-state index < -0.39 is 11.6 Å². The van der Waals surface area contributed by atoms with Crippen LogP contribution in [0, 0.1) is 11.6 Å². The number of halogens is 2. The van der Waals surface area contributed by atoms with Crippen LogP contribution in [-0.4, -0.2) is 10.1 Å². The zero-order valence-electron chi connectivity index (χ0n) is 8.82. The molecule has 3 N–H and O–H groups in total. The molecule has 3 nitrogen and oxygen atoms in total. The fourth-order valence-electron chi connectivity index (χ4n) is 1.47. The third-order valence-electron chi connectivity index (χ3n) is 2.40. The predicted molar refractivity (Wildman–Crippen MR) is 59.1 cm³/mol. The Morgan fingerprint density at radius 1 is 1.18 bits per heavy atom. The smallest absolute Gasteiger partial charge is 0.159 e. The Morgan fingerprint density at radius 3 is 2.59 bits per heavy atom. The normalized spacial score (nSPS) is 10.5. The van der Waals surface area contributed by atoms with Gasteiger partial charge in [0.2, 0.25) is 0 Å². The van der Waals surface area contributed by atoms with E-state index in [1.165, 1.54) is 12.3 Å². The first kappa shape index (κ1) is 11.5. The van der Waals surface area contributed by atoms with E-state index >= 15 is 0 Å². The van der Waals surface area contributed by atoms with Crippen LogP contribution in [-0.2, 0) is 6.54 Å². The van der Waals surface area contributed by atoms with E-state index in [4.69, 9.17) is 5.73 Å². The van der Waals surface area contributed by atoms with Crippen molar-refractivity contribution in [1.82, 2.24) is 4.98 Å². The van der Waals surface area contributed by atoms with Crippen molar-refractivity contribution in [1.29, 1.82) is 0 Å². The number of benzene rings is 1. The van der Waals surface area contributed by atoms with E-state index in [0.717, 1.165) is 12.1 Å². The molecule has 0 aliphatic heterocycles. The lowest BCUT2D eigenvalue weighted by atomic mass is 10.1. The summed E-state index contributed by atoms with van der Waals surface area (Å²) in [6.07, 6.45) is 1.23. The number of nitrogens with zero attached hydrogens (tertiary/aromatic N) is 1. The predicted octanol–water partition coefficient (Wildman–Crippen LogP) is 2.19. The first-order valence-corrected chi connectivity index (χ1v) is 4.95. The Bertz CT molecular complexity index is 558. The van der Waals surface area contributed by atoms with Crippen LogP contribution < -0.4 is 5.73 Å². The lowest BCUT2D eigenvalue weighted by Crippen LogP contribution is -1.98. The van der Waals surface area contributed by atoms with Crippen molar-refractivity contribution >= 4 is 0 Å². The molecule has 1 aromatic heterocycles. The molecule has 2 aromatic rings. The van der Waals surface area contributed by atoms with Crippen LogP contribution in [0.3, 0.4) is 0 Å². The van der Waals surface area contributed by atoms with Gasteiger partial charge in [-0.2, -0.15) is 0 Å². The minimum absolute atomic E-state index is 0.0150. The summed E-state index contributed by atoms with van der Waals surface area (Å²) in [5.41, 5.74) is 6.79. The maximum atomic E-state index is 13.0. The molecule has 1 aromatic carbocycles. The molecule has 2 rings (SSSR count). The summed E-state index contributed by atoms with van der Waals surface area (Å²) >= 11 is 0. The number of hydrogen-bond acceptors (Lipinski definition) is 3. The molecule has 0 atom stereocenters. The fraction of sp³-hybridized carbons (Fsp3) is 0.0833. The SMILES string of the molecule is NCc1cc(-c2ccc(F)c(F)c2)ncc1O. The Labute approximate surface area is 96.5 Å². The summed E-state index contributed by atoms with van der Waals surface area (Å²) in [6.45, 7) is 0.144. The second kappa shape index (κ2) is 4.47. The Balaban J connectivity index is 2.49. The van der Waals surface area contributed by atoms with E-state index in [1.807, 2.05) is 0 Å². The average Bonchev–Trinajstić information content (AvgIpc) is 2.33. The maximum absolute atomic E-state index is 13.0. The number of aromatic nitrogens is 1. The summed E-state index contributed by atoms with van der Waals surface area (Å²) in [5.74, 6) is -1.86. The zero-order chi connectivity index (χ0) is 12.4. The van der Waals surface area contributed by atoms with Gasteiger partial charge in [-0.3, -0.25) is 4.98 Å². The van der Waals surface area contributed by atoms with Crippen LogP contribution in [0.25, 0.3) is 11.3 Å². The highest BCUT2D eigenvalue weighted by atomic mass is 19.2. The number of pyridine rings is 1. The number of nitrogens with two attached hydrogens (primary N) is 1. The average molecular weight is 236 g/mol. The largest absolute Gasteiger partial charge is 0.506 e. The molecule has 88 valence electrons. The first-order valence-electron chi connectivity index (χ1n) is 4.95. The Morgan fingerprint density at radius 2 is 1.94 bits per heavy atom. The van der Waals surface area contributed by atoms with Crippen molar-refractivity contribution in [3.63, 3.8) is 0 Å². The van der Waals surface area contributed by atoms with Crippen molar-refractivity contribution in [3.05, 3.63) is 47.7 Å². The molecule has 0 radical (unpaired) electrons. The molecule has 17 heavy (non-hydrogen) atoms. The van der Waals surface area contributed by atoms with Gasteiger partial charge in [-0.15, -0.1) is 0 Å². The highest BCUT2D eigenvalue weighted by Crippen LogP contribution is 2.24. The summed E-state index contributed by atoms with van der Waals surface area (Å²) in [7, 11) is 0. The quantitative estimate of drug-likeness (QED) is 0.840. The molecule has 0 saturated heterocycles. The number of hydrogen-bond donors (Lipinski definition) is 2. The van der Waals surface area contributed by atoms with Gasteiger partial charge in [-0.05, 0) is 24.3 Å². The van der Waals surface area contributed by atoms with E-state index in [1.54, 1.807) is 6.07 Å². The van der Waals surface area contributed by atoms with Crippen LogP contribution in [0.4, 0.5) is 8.78 Å². The summed E-state index contributed by atoms with van der Waals surface area (Å²) in [4.78, 5) is 3.93. The Kier molecular flexibility index (Phi) is 3.01. The third-order valence-corrected chi connectivity index (χ3v) is 2.40. The van der Waals surface area contributed by atoms with E-state index in [0.29, 0.717) is 16.8 Å². The molecule has 0 fully saturated rings. The van der Waals surface area contributed by atoms with Gasteiger partial charge in [0.05, 0.1) is 11.9 Å². The lowest BCUT2D eigenvalue weighted by Gasteiger charge is -2.05. The van der Waals surface area contributed by atoms with Crippen molar-refractivity contribution in [3.8, 4) is 17.0 Å². The molecular formula is C12H10F2N2O. The van der Waals surface area contributed by atoms with Gasteiger partial charge in [0.1, 0.15) is 5.75 Å². The molecule has 0 saturated carbocycles. The summed E-state index contributed by atoms with van der Waals surface area (Å²) in [6, 6.07) is 5.04. The van der Waals surface area contributed by atoms with E-state index in [2.05, 4.69) is 4.98 Å². The highest BCUT2D eigenvalue weighted by Gasteiger charge is 2.08. The van der Waals surface area contributed by atoms with Crippen LogP contribution in [0.5, 0.6) is 5.75 Å². The first-order chi connectivity index (χ1) is 8.11. The minimum Gasteiger partial charge on any atom is -0.506 e. The molecule has 0 unspecified atom stereocenters. The Hall–Kier alpha value is -2.01. The van der Waals surface area contributed by atoms with Gasteiger partial charge < -0.3 is 10.8 Å². The molecule has 0 aliphatic rings. The van der Waals surface area contributed by atoms with Crippen LogP contribution in [0.2, 0.25) is 0 Å². The highest BCUT2D eigenvalue weighted by molar-refractivity contribution is 5.61. The molecule has 5 heteroatoms. The second-order valence-electron chi connectivity index (χ2n) is 3.53. The third kappa shape index (κ3) is 2.24. The standard InChI is InChI=1S/C12H10F2N2O/c13-9-2-1-7(3-10(9)14)11-4-8(5-15)12(17)6-16-11/h1-4,6,17H,5,15H2. The van der Waals surface area contributed by atoms with Gasteiger partial charge in [0.25, 0.3) is 0 Å². The van der Waals surface area contributed by atoms with Gasteiger partial charge in [-0.1, -0.05) is 0 Å². The lowest BCUT2D eigenvalue weighted by molar-refractivity contribution is 0.466.